The fourth-order valence-corrected chi connectivity index (χ4v) is 3.37. The Morgan fingerprint density at radius 2 is 1.64 bits per heavy atom. The molecule has 11 heavy (non-hydrogen) atoms. The third-order valence-corrected chi connectivity index (χ3v) is 3.67. The van der Waals surface area contributed by atoms with E-state index in [9.17, 15) is 4.39 Å². The Morgan fingerprint density at radius 3 is 2.18 bits per heavy atom. The van der Waals surface area contributed by atoms with E-state index in [0.29, 0.717) is 5.92 Å². The summed E-state index contributed by atoms with van der Waals surface area (Å²) in [5, 5.41) is 0. The lowest BCUT2D eigenvalue weighted by Crippen LogP contribution is -2.33. The van der Waals surface area contributed by atoms with Crippen LogP contribution in [0.25, 0.3) is 0 Å². The van der Waals surface area contributed by atoms with E-state index in [1.54, 1.807) is 0 Å². The zero-order valence-corrected chi connectivity index (χ0v) is 6.65. The Hall–Kier alpha value is -0.330. The maximum atomic E-state index is 13.4. The molecule has 0 heterocycles. The molecular weight excluding hydrogens is 139 g/mol. The van der Waals surface area contributed by atoms with E-state index >= 15 is 0 Å². The molecule has 4 bridgehead atoms. The topological polar surface area (TPSA) is 0 Å². The van der Waals surface area contributed by atoms with Gasteiger partial charge < -0.3 is 0 Å². The molecule has 4 aliphatic rings. The zero-order valence-electron chi connectivity index (χ0n) is 6.65. The first-order chi connectivity index (χ1) is 5.33. The molecule has 0 aromatic rings. The van der Waals surface area contributed by atoms with E-state index in [0.717, 1.165) is 37.5 Å². The van der Waals surface area contributed by atoms with Gasteiger partial charge in [-0.1, -0.05) is 0 Å². The monoisotopic (exact) mass is 152 g/mol. The van der Waals surface area contributed by atoms with Crippen LogP contribution in [-0.4, -0.2) is 0 Å². The van der Waals surface area contributed by atoms with Crippen LogP contribution in [0.4, 0.5) is 4.39 Å². The molecule has 0 N–H and O–H groups in total. The highest BCUT2D eigenvalue weighted by Crippen LogP contribution is 2.53. The number of hydrogen-bond donors (Lipinski definition) is 0. The molecule has 2 saturated carbocycles. The third kappa shape index (κ3) is 0.743. The molecule has 0 radical (unpaired) electrons. The fraction of sp³-hybridized carbons (Fsp3) is 0.800. The molecule has 0 spiro atoms. The summed E-state index contributed by atoms with van der Waals surface area (Å²) in [4.78, 5) is 0. The van der Waals surface area contributed by atoms with Gasteiger partial charge in [-0.2, -0.15) is 0 Å². The van der Waals surface area contributed by atoms with Crippen LogP contribution in [-0.2, 0) is 0 Å². The maximum Gasteiger partial charge on any atom is 0.102 e. The van der Waals surface area contributed by atoms with Gasteiger partial charge in [0.05, 0.1) is 0 Å². The first-order valence-corrected chi connectivity index (χ1v) is 4.70. The molecule has 3 atom stereocenters. The van der Waals surface area contributed by atoms with E-state index in [1.807, 2.05) is 0 Å². The van der Waals surface area contributed by atoms with Crippen LogP contribution >= 0.6 is 0 Å². The highest BCUT2D eigenvalue weighted by Gasteiger charge is 2.41. The highest BCUT2D eigenvalue weighted by molar-refractivity contribution is 5.22. The molecule has 1 unspecified atom stereocenters. The van der Waals surface area contributed by atoms with Gasteiger partial charge in [0.25, 0.3) is 0 Å². The smallest absolute Gasteiger partial charge is 0.102 e. The van der Waals surface area contributed by atoms with E-state index < -0.39 is 0 Å². The van der Waals surface area contributed by atoms with Crippen LogP contribution in [0, 0.1) is 17.8 Å². The largest absolute Gasteiger partial charge is 0.212 e. The summed E-state index contributed by atoms with van der Waals surface area (Å²) in [6.07, 6.45) is 5.91. The van der Waals surface area contributed by atoms with E-state index in [4.69, 9.17) is 0 Å². The third-order valence-electron chi connectivity index (χ3n) is 3.67. The summed E-state index contributed by atoms with van der Waals surface area (Å²) in [5.74, 6) is 2.37. The molecule has 4 aliphatic carbocycles. The predicted molar refractivity (Wildman–Crippen MR) is 41.7 cm³/mol. The van der Waals surface area contributed by atoms with E-state index in [2.05, 4.69) is 0 Å². The lowest BCUT2D eigenvalue weighted by molar-refractivity contribution is 0.135. The fourth-order valence-electron chi connectivity index (χ4n) is 3.37. The van der Waals surface area contributed by atoms with E-state index in [-0.39, 0.29) is 5.83 Å². The lowest BCUT2D eigenvalue weighted by Gasteiger charge is -2.45. The van der Waals surface area contributed by atoms with Crippen molar-refractivity contribution in [1.82, 2.24) is 0 Å². The minimum atomic E-state index is 0.289. The maximum absolute atomic E-state index is 13.4. The Labute approximate surface area is 66.5 Å². The molecule has 0 aliphatic heterocycles. The summed E-state index contributed by atoms with van der Waals surface area (Å²) in [6, 6.07) is 0. The Bertz CT molecular complexity index is 213. The molecule has 0 aromatic carbocycles. The van der Waals surface area contributed by atoms with Gasteiger partial charge in [-0.25, -0.2) is 4.39 Å². The zero-order chi connectivity index (χ0) is 7.42. The van der Waals surface area contributed by atoms with Gasteiger partial charge in [0, 0.05) is 5.92 Å². The summed E-state index contributed by atoms with van der Waals surface area (Å²) in [7, 11) is 0. The van der Waals surface area contributed by atoms with Crippen molar-refractivity contribution < 1.29 is 4.39 Å². The van der Waals surface area contributed by atoms with Crippen LogP contribution in [0.15, 0.2) is 11.4 Å². The summed E-state index contributed by atoms with van der Waals surface area (Å²) < 4.78 is 13.4. The molecule has 0 aromatic heterocycles. The second-order valence-corrected chi connectivity index (χ2v) is 4.50. The van der Waals surface area contributed by atoms with Gasteiger partial charge in [0.15, 0.2) is 0 Å². The lowest BCUT2D eigenvalue weighted by atomic mass is 9.61. The minimum absolute atomic E-state index is 0.289. The van der Waals surface area contributed by atoms with Crippen molar-refractivity contribution in [2.24, 2.45) is 17.8 Å². The number of allylic oxidation sites excluding steroid dienone is 2. The molecule has 4 rings (SSSR count). The molecule has 1 heteroatoms. The number of halogens is 1. The van der Waals surface area contributed by atoms with Gasteiger partial charge in [0.2, 0.25) is 0 Å². The van der Waals surface area contributed by atoms with Crippen LogP contribution in [0.5, 0.6) is 0 Å². The van der Waals surface area contributed by atoms with Crippen molar-refractivity contribution in [3.8, 4) is 0 Å². The van der Waals surface area contributed by atoms with Gasteiger partial charge >= 0.3 is 0 Å². The average Bonchev–Trinajstić information content (AvgIpc) is 1.98. The van der Waals surface area contributed by atoms with Crippen LogP contribution in [0.1, 0.15) is 32.1 Å². The highest BCUT2D eigenvalue weighted by atomic mass is 19.1. The van der Waals surface area contributed by atoms with Crippen molar-refractivity contribution in [2.45, 2.75) is 32.1 Å². The van der Waals surface area contributed by atoms with Crippen LogP contribution in [0.3, 0.4) is 0 Å². The van der Waals surface area contributed by atoms with Gasteiger partial charge in [-0.3, -0.25) is 0 Å². The minimum Gasteiger partial charge on any atom is -0.212 e. The second-order valence-electron chi connectivity index (χ2n) is 4.50. The van der Waals surface area contributed by atoms with Crippen LogP contribution < -0.4 is 0 Å². The Morgan fingerprint density at radius 1 is 1.00 bits per heavy atom. The molecule has 0 nitrogen and oxygen atoms in total. The summed E-state index contributed by atoms with van der Waals surface area (Å²) in [6.45, 7) is 0. The van der Waals surface area contributed by atoms with Crippen molar-refractivity contribution in [1.29, 1.82) is 0 Å². The quantitative estimate of drug-likeness (QED) is 0.500. The Kier molecular flexibility index (Phi) is 1.06. The molecule has 0 saturated heterocycles. The first kappa shape index (κ1) is 6.22. The standard InChI is InChI=1S/C10H13F/c11-10-8-2-6-1-7(4-8)5-9(10)3-6/h6-8H,1-5H2/t6-,7+,8?. The van der Waals surface area contributed by atoms with Gasteiger partial charge in [0.1, 0.15) is 5.83 Å². The average molecular weight is 152 g/mol. The van der Waals surface area contributed by atoms with Crippen molar-refractivity contribution >= 4 is 0 Å². The Balaban J connectivity index is 2.07. The predicted octanol–water partition coefficient (Wildman–Crippen LogP) is 3.05. The van der Waals surface area contributed by atoms with Crippen molar-refractivity contribution in [3.63, 3.8) is 0 Å². The summed E-state index contributed by atoms with van der Waals surface area (Å²) >= 11 is 0. The van der Waals surface area contributed by atoms with Crippen LogP contribution in [0.2, 0.25) is 0 Å². The van der Waals surface area contributed by atoms with Crippen molar-refractivity contribution in [3.05, 3.63) is 11.4 Å². The molecular formula is C10H13F. The number of hydrogen-bond acceptors (Lipinski definition) is 0. The SMILES string of the molecule is FC1=C2C[C@@H]3CC1C[C@H](C2)C3. The molecule has 60 valence electrons. The summed E-state index contributed by atoms with van der Waals surface area (Å²) in [5.41, 5.74) is 1.19. The van der Waals surface area contributed by atoms with E-state index in [1.165, 1.54) is 12.0 Å². The molecule has 2 fully saturated rings. The second kappa shape index (κ2) is 1.88. The normalized spacial score (nSPS) is 47.2. The van der Waals surface area contributed by atoms with Crippen molar-refractivity contribution in [2.75, 3.05) is 0 Å². The first-order valence-electron chi connectivity index (χ1n) is 4.70. The number of rotatable bonds is 0. The molecule has 0 amide bonds. The van der Waals surface area contributed by atoms with Gasteiger partial charge in [-0.05, 0) is 49.5 Å². The van der Waals surface area contributed by atoms with Gasteiger partial charge in [-0.15, -0.1) is 0 Å².